The monoisotopic (exact) mass is 221 g/mol. The molecule has 0 aromatic heterocycles. The first-order valence-corrected chi connectivity index (χ1v) is 4.14. The van der Waals surface area contributed by atoms with Gasteiger partial charge < -0.3 is 5.11 Å². The second kappa shape index (κ2) is 4.90. The lowest BCUT2D eigenvalue weighted by Gasteiger charge is -1.99. The third kappa shape index (κ3) is 2.55. The normalized spacial score (nSPS) is 8.81. The second-order valence-corrected chi connectivity index (χ2v) is 2.76. The predicted octanol–water partition coefficient (Wildman–Crippen LogP) is 1.93. The molecule has 0 unspecified atom stereocenters. The minimum atomic E-state index is -1.67. The molecule has 0 spiro atoms. The van der Waals surface area contributed by atoms with Crippen LogP contribution in [0.1, 0.15) is 22.3 Å². The van der Waals surface area contributed by atoms with Crippen LogP contribution in [0.3, 0.4) is 0 Å². The summed E-state index contributed by atoms with van der Waals surface area (Å²) >= 11 is 0. The molecule has 0 fully saturated rings. The number of aromatic carboxylic acids is 1. The number of nitriles is 1. The summed E-state index contributed by atoms with van der Waals surface area (Å²) in [6, 6.07) is 3.37. The fourth-order valence-corrected chi connectivity index (χ4v) is 1.04. The number of nitrogens with zero attached hydrogens (tertiary/aromatic N) is 1. The van der Waals surface area contributed by atoms with Gasteiger partial charge in [-0.15, -0.1) is 0 Å². The van der Waals surface area contributed by atoms with E-state index in [0.717, 1.165) is 12.1 Å². The molecular formula is C11H5F2NO2. The maximum Gasteiger partial charge on any atom is 0.341 e. The van der Waals surface area contributed by atoms with E-state index in [1.165, 1.54) is 0 Å². The van der Waals surface area contributed by atoms with Gasteiger partial charge in [0, 0.05) is 5.56 Å². The molecular weight excluding hydrogens is 216 g/mol. The van der Waals surface area contributed by atoms with E-state index in [1.54, 1.807) is 6.07 Å². The molecule has 5 heteroatoms. The molecule has 0 radical (unpaired) electrons. The van der Waals surface area contributed by atoms with E-state index in [9.17, 15) is 13.6 Å². The summed E-state index contributed by atoms with van der Waals surface area (Å²) in [4.78, 5) is 10.5. The number of halogens is 2. The van der Waals surface area contributed by atoms with E-state index in [2.05, 4.69) is 11.8 Å². The van der Waals surface area contributed by atoms with E-state index in [1.807, 2.05) is 0 Å². The van der Waals surface area contributed by atoms with Gasteiger partial charge in [-0.2, -0.15) is 5.26 Å². The number of rotatable bonds is 1. The SMILES string of the molecule is N#CCC#Cc1cc(F)c(C(=O)O)c(F)c1. The second-order valence-electron chi connectivity index (χ2n) is 2.76. The zero-order valence-electron chi connectivity index (χ0n) is 7.92. The van der Waals surface area contributed by atoms with Gasteiger partial charge in [0.15, 0.2) is 0 Å². The Labute approximate surface area is 89.9 Å². The highest BCUT2D eigenvalue weighted by molar-refractivity contribution is 5.88. The van der Waals surface area contributed by atoms with Crippen molar-refractivity contribution in [3.63, 3.8) is 0 Å². The summed E-state index contributed by atoms with van der Waals surface area (Å²) in [5, 5.41) is 16.7. The average molecular weight is 221 g/mol. The van der Waals surface area contributed by atoms with Crippen LogP contribution in [0, 0.1) is 34.8 Å². The highest BCUT2D eigenvalue weighted by atomic mass is 19.1. The van der Waals surface area contributed by atoms with Gasteiger partial charge in [-0.1, -0.05) is 11.8 Å². The highest BCUT2D eigenvalue weighted by Gasteiger charge is 2.16. The lowest BCUT2D eigenvalue weighted by molar-refractivity contribution is 0.0686. The van der Waals surface area contributed by atoms with Crippen LogP contribution in [-0.2, 0) is 0 Å². The minimum Gasteiger partial charge on any atom is -0.477 e. The first-order valence-electron chi connectivity index (χ1n) is 4.14. The van der Waals surface area contributed by atoms with Gasteiger partial charge in [-0.25, -0.2) is 13.6 Å². The van der Waals surface area contributed by atoms with E-state index < -0.39 is 23.2 Å². The molecule has 1 aromatic rings. The van der Waals surface area contributed by atoms with Crippen LogP contribution in [0.15, 0.2) is 12.1 Å². The Morgan fingerprint density at radius 3 is 2.38 bits per heavy atom. The fraction of sp³-hybridized carbons (Fsp3) is 0.0909. The van der Waals surface area contributed by atoms with Crippen LogP contribution < -0.4 is 0 Å². The summed E-state index contributed by atoms with van der Waals surface area (Å²) in [6.07, 6.45) is -0.0656. The van der Waals surface area contributed by atoms with Crippen molar-refractivity contribution < 1.29 is 18.7 Å². The fourth-order valence-electron chi connectivity index (χ4n) is 1.04. The summed E-state index contributed by atoms with van der Waals surface area (Å²) in [6.45, 7) is 0. The molecule has 0 aliphatic rings. The number of carbonyl (C=O) groups is 1. The van der Waals surface area contributed by atoms with Crippen LogP contribution in [0.4, 0.5) is 8.78 Å². The quantitative estimate of drug-likeness (QED) is 0.737. The maximum absolute atomic E-state index is 13.1. The Morgan fingerprint density at radius 2 is 1.94 bits per heavy atom. The van der Waals surface area contributed by atoms with Crippen molar-refractivity contribution in [1.82, 2.24) is 0 Å². The average Bonchev–Trinajstić information content (AvgIpc) is 2.16. The lowest BCUT2D eigenvalue weighted by Crippen LogP contribution is -2.05. The van der Waals surface area contributed by atoms with E-state index in [-0.39, 0.29) is 12.0 Å². The lowest BCUT2D eigenvalue weighted by atomic mass is 10.1. The Hall–Kier alpha value is -2.40. The van der Waals surface area contributed by atoms with Crippen LogP contribution >= 0.6 is 0 Å². The molecule has 0 bridgehead atoms. The standard InChI is InChI=1S/C11H5F2NO2/c12-8-5-7(3-1-2-4-14)6-9(13)10(8)11(15)16/h5-6H,2H2,(H,15,16). The van der Waals surface area contributed by atoms with Crippen molar-refractivity contribution >= 4 is 5.97 Å². The topological polar surface area (TPSA) is 61.1 Å². The molecule has 3 nitrogen and oxygen atoms in total. The van der Waals surface area contributed by atoms with Crippen molar-refractivity contribution in [1.29, 1.82) is 5.26 Å². The van der Waals surface area contributed by atoms with Crippen LogP contribution in [0.25, 0.3) is 0 Å². The summed E-state index contributed by atoms with van der Waals surface area (Å²) in [5.41, 5.74) is -1.01. The number of benzene rings is 1. The molecule has 0 aliphatic heterocycles. The van der Waals surface area contributed by atoms with E-state index >= 15 is 0 Å². The molecule has 16 heavy (non-hydrogen) atoms. The van der Waals surface area contributed by atoms with Crippen molar-refractivity contribution in [3.8, 4) is 17.9 Å². The van der Waals surface area contributed by atoms with Gasteiger partial charge in [0.2, 0.25) is 0 Å². The molecule has 1 aromatic carbocycles. The number of carboxylic acids is 1. The zero-order chi connectivity index (χ0) is 12.1. The Balaban J connectivity index is 3.17. The summed E-state index contributed by atoms with van der Waals surface area (Å²) in [5.74, 6) is 0.663. The number of hydrogen-bond acceptors (Lipinski definition) is 2. The van der Waals surface area contributed by atoms with Crippen LogP contribution in [-0.4, -0.2) is 11.1 Å². The molecule has 0 saturated heterocycles. The zero-order valence-corrected chi connectivity index (χ0v) is 7.92. The van der Waals surface area contributed by atoms with Crippen molar-refractivity contribution in [2.75, 3.05) is 0 Å². The summed E-state index contributed by atoms with van der Waals surface area (Å²) in [7, 11) is 0. The highest BCUT2D eigenvalue weighted by Crippen LogP contribution is 2.14. The Bertz CT molecular complexity index is 512. The third-order valence-electron chi connectivity index (χ3n) is 1.66. The molecule has 0 heterocycles. The molecule has 0 saturated carbocycles. The Morgan fingerprint density at radius 1 is 1.38 bits per heavy atom. The van der Waals surface area contributed by atoms with Crippen molar-refractivity contribution in [2.45, 2.75) is 6.42 Å². The predicted molar refractivity (Wildman–Crippen MR) is 50.4 cm³/mol. The number of hydrogen-bond donors (Lipinski definition) is 1. The Kier molecular flexibility index (Phi) is 3.58. The van der Waals surface area contributed by atoms with Gasteiger partial charge in [0.1, 0.15) is 17.2 Å². The smallest absolute Gasteiger partial charge is 0.341 e. The minimum absolute atomic E-state index is 0.00440. The van der Waals surface area contributed by atoms with Gasteiger partial charge in [0.25, 0.3) is 0 Å². The number of carboxylic acid groups (broad SMARTS) is 1. The maximum atomic E-state index is 13.1. The largest absolute Gasteiger partial charge is 0.477 e. The molecule has 0 aliphatic carbocycles. The van der Waals surface area contributed by atoms with E-state index in [0.29, 0.717) is 0 Å². The van der Waals surface area contributed by atoms with Gasteiger partial charge in [-0.3, -0.25) is 0 Å². The van der Waals surface area contributed by atoms with Gasteiger partial charge >= 0.3 is 5.97 Å². The van der Waals surface area contributed by atoms with Crippen molar-refractivity contribution in [2.24, 2.45) is 0 Å². The molecule has 0 atom stereocenters. The molecule has 0 amide bonds. The van der Waals surface area contributed by atoms with Gasteiger partial charge in [-0.05, 0) is 12.1 Å². The molecule has 80 valence electrons. The summed E-state index contributed by atoms with van der Waals surface area (Å²) < 4.78 is 26.2. The van der Waals surface area contributed by atoms with Crippen LogP contribution in [0.2, 0.25) is 0 Å². The van der Waals surface area contributed by atoms with Gasteiger partial charge in [0.05, 0.1) is 12.5 Å². The van der Waals surface area contributed by atoms with E-state index in [4.69, 9.17) is 10.4 Å². The third-order valence-corrected chi connectivity index (χ3v) is 1.66. The van der Waals surface area contributed by atoms with Crippen LogP contribution in [0.5, 0.6) is 0 Å². The molecule has 1 rings (SSSR count). The van der Waals surface area contributed by atoms with Crippen molar-refractivity contribution in [3.05, 3.63) is 34.9 Å². The first kappa shape index (κ1) is 11.7. The molecule has 1 N–H and O–H groups in total. The first-order chi connectivity index (χ1) is 7.56.